The van der Waals surface area contributed by atoms with Crippen LogP contribution >= 0.6 is 11.6 Å². The second kappa shape index (κ2) is 4.76. The summed E-state index contributed by atoms with van der Waals surface area (Å²) in [5.74, 6) is -0.344. The highest BCUT2D eigenvalue weighted by molar-refractivity contribution is 6.31. The van der Waals surface area contributed by atoms with Gasteiger partial charge in [0.1, 0.15) is 5.82 Å². The summed E-state index contributed by atoms with van der Waals surface area (Å²) < 4.78 is 13.3. The number of nitrogen functional groups attached to an aromatic ring is 1. The summed E-state index contributed by atoms with van der Waals surface area (Å²) in [5.41, 5.74) is 8.00. The minimum Gasteiger partial charge on any atom is -0.399 e. The van der Waals surface area contributed by atoms with Gasteiger partial charge in [-0.2, -0.15) is 0 Å². The monoisotopic (exact) mass is 291 g/mol. The Morgan fingerprint density at radius 1 is 1.25 bits per heavy atom. The van der Waals surface area contributed by atoms with Crippen LogP contribution in [0.1, 0.15) is 23.1 Å². The molecule has 104 valence electrons. The maximum Gasteiger partial charge on any atom is 0.123 e. The first kappa shape index (κ1) is 13.4. The number of aliphatic hydroxyl groups is 1. The molecule has 4 heteroatoms. The minimum absolute atomic E-state index is 0.306. The number of nitrogens with two attached hydrogens (primary N) is 1. The van der Waals surface area contributed by atoms with E-state index in [0.717, 1.165) is 17.5 Å². The molecule has 0 fully saturated rings. The van der Waals surface area contributed by atoms with Crippen LogP contribution < -0.4 is 5.73 Å². The summed E-state index contributed by atoms with van der Waals surface area (Å²) in [6, 6.07) is 9.75. The molecule has 0 heterocycles. The Hall–Kier alpha value is -1.58. The summed E-state index contributed by atoms with van der Waals surface area (Å²) in [6.45, 7) is 0. The van der Waals surface area contributed by atoms with Crippen molar-refractivity contribution in [3.8, 4) is 0 Å². The number of rotatable bonds is 2. The average molecular weight is 292 g/mol. The van der Waals surface area contributed by atoms with Gasteiger partial charge in [0.15, 0.2) is 0 Å². The van der Waals surface area contributed by atoms with Gasteiger partial charge in [0, 0.05) is 17.1 Å². The molecule has 0 saturated heterocycles. The van der Waals surface area contributed by atoms with Crippen LogP contribution in [0, 0.1) is 5.82 Å². The van der Waals surface area contributed by atoms with Crippen LogP contribution in [0.25, 0.3) is 0 Å². The van der Waals surface area contributed by atoms with Crippen LogP contribution in [0.15, 0.2) is 36.4 Å². The molecule has 0 amide bonds. The predicted octanol–water partition coefficient (Wildman–Crippen LogP) is 3.44. The third kappa shape index (κ3) is 2.28. The highest BCUT2D eigenvalue weighted by Gasteiger charge is 2.37. The summed E-state index contributed by atoms with van der Waals surface area (Å²) in [5, 5.41) is 11.4. The SMILES string of the molecule is Nc1ccc2c(c1)CCC2(O)Cc1cc(F)ccc1Cl. The van der Waals surface area contributed by atoms with E-state index < -0.39 is 5.60 Å². The lowest BCUT2D eigenvalue weighted by molar-refractivity contribution is 0.0389. The number of hydrogen-bond acceptors (Lipinski definition) is 2. The second-order valence-corrected chi connectivity index (χ2v) is 5.77. The second-order valence-electron chi connectivity index (χ2n) is 5.36. The Labute approximate surface area is 122 Å². The lowest BCUT2D eigenvalue weighted by atomic mass is 9.88. The van der Waals surface area contributed by atoms with E-state index in [1.807, 2.05) is 12.1 Å². The number of benzene rings is 2. The molecule has 3 N–H and O–H groups in total. The van der Waals surface area contributed by atoms with Crippen LogP contribution in [-0.4, -0.2) is 5.11 Å². The van der Waals surface area contributed by atoms with Crippen LogP contribution in [0.3, 0.4) is 0 Å². The standard InChI is InChI=1S/C16H15ClFNO/c17-15-4-1-12(18)7-11(15)9-16(20)6-5-10-8-13(19)2-3-14(10)16/h1-4,7-8,20H,5-6,9,19H2. The highest BCUT2D eigenvalue weighted by Crippen LogP contribution is 2.41. The van der Waals surface area contributed by atoms with E-state index in [1.54, 1.807) is 6.07 Å². The van der Waals surface area contributed by atoms with E-state index in [9.17, 15) is 9.50 Å². The molecule has 0 saturated carbocycles. The maximum absolute atomic E-state index is 13.3. The first-order chi connectivity index (χ1) is 9.48. The zero-order chi connectivity index (χ0) is 14.3. The Bertz CT molecular complexity index is 674. The Balaban J connectivity index is 1.98. The Morgan fingerprint density at radius 2 is 2.05 bits per heavy atom. The molecule has 2 aromatic rings. The van der Waals surface area contributed by atoms with Crippen LogP contribution in [0.2, 0.25) is 5.02 Å². The summed E-state index contributed by atoms with van der Waals surface area (Å²) in [7, 11) is 0. The van der Waals surface area contributed by atoms with Crippen molar-refractivity contribution in [3.63, 3.8) is 0 Å². The van der Waals surface area contributed by atoms with Crippen LogP contribution in [0.4, 0.5) is 10.1 Å². The molecule has 3 rings (SSSR count). The van der Waals surface area contributed by atoms with Gasteiger partial charge in [-0.3, -0.25) is 0 Å². The molecule has 1 aliphatic carbocycles. The maximum atomic E-state index is 13.3. The number of hydrogen-bond donors (Lipinski definition) is 2. The first-order valence-corrected chi connectivity index (χ1v) is 6.91. The summed E-state index contributed by atoms with van der Waals surface area (Å²) >= 11 is 6.09. The molecule has 1 unspecified atom stereocenters. The zero-order valence-corrected chi connectivity index (χ0v) is 11.6. The van der Waals surface area contributed by atoms with Gasteiger partial charge in [0.2, 0.25) is 0 Å². The number of halogens is 2. The van der Waals surface area contributed by atoms with Gasteiger partial charge in [-0.15, -0.1) is 0 Å². The van der Waals surface area contributed by atoms with E-state index >= 15 is 0 Å². The molecule has 0 bridgehead atoms. The van der Waals surface area contributed by atoms with Crippen LogP contribution in [-0.2, 0) is 18.4 Å². The summed E-state index contributed by atoms with van der Waals surface area (Å²) in [4.78, 5) is 0. The molecule has 0 aliphatic heterocycles. The van der Waals surface area contributed by atoms with Gasteiger partial charge in [-0.25, -0.2) is 4.39 Å². The molecule has 2 aromatic carbocycles. The molecule has 1 aliphatic rings. The highest BCUT2D eigenvalue weighted by atomic mass is 35.5. The van der Waals surface area contributed by atoms with E-state index in [4.69, 9.17) is 17.3 Å². The molecular weight excluding hydrogens is 277 g/mol. The molecule has 0 radical (unpaired) electrons. The molecular formula is C16H15ClFNO. The fourth-order valence-electron chi connectivity index (χ4n) is 2.93. The Morgan fingerprint density at radius 3 is 2.85 bits per heavy atom. The van der Waals surface area contributed by atoms with Gasteiger partial charge >= 0.3 is 0 Å². The van der Waals surface area contributed by atoms with Gasteiger partial charge in [-0.1, -0.05) is 17.7 Å². The van der Waals surface area contributed by atoms with Crippen molar-refractivity contribution in [2.45, 2.75) is 24.9 Å². The quantitative estimate of drug-likeness (QED) is 0.833. The van der Waals surface area contributed by atoms with E-state index in [2.05, 4.69) is 0 Å². The number of aryl methyl sites for hydroxylation is 1. The van der Waals surface area contributed by atoms with E-state index in [-0.39, 0.29) is 5.82 Å². The van der Waals surface area contributed by atoms with Gasteiger partial charge in [0.25, 0.3) is 0 Å². The lowest BCUT2D eigenvalue weighted by Crippen LogP contribution is -2.25. The summed E-state index contributed by atoms with van der Waals surface area (Å²) in [6.07, 6.45) is 1.67. The smallest absolute Gasteiger partial charge is 0.123 e. The molecule has 2 nitrogen and oxygen atoms in total. The van der Waals surface area contributed by atoms with E-state index in [0.29, 0.717) is 29.1 Å². The number of anilines is 1. The van der Waals surface area contributed by atoms with Crippen molar-refractivity contribution in [2.24, 2.45) is 0 Å². The van der Waals surface area contributed by atoms with Gasteiger partial charge in [0.05, 0.1) is 5.60 Å². The van der Waals surface area contributed by atoms with E-state index in [1.165, 1.54) is 18.2 Å². The predicted molar refractivity (Wildman–Crippen MR) is 78.2 cm³/mol. The van der Waals surface area contributed by atoms with Crippen LogP contribution in [0.5, 0.6) is 0 Å². The van der Waals surface area contributed by atoms with Crippen molar-refractivity contribution < 1.29 is 9.50 Å². The fourth-order valence-corrected chi connectivity index (χ4v) is 3.11. The van der Waals surface area contributed by atoms with Gasteiger partial charge < -0.3 is 10.8 Å². The fraction of sp³-hybridized carbons (Fsp3) is 0.250. The lowest BCUT2D eigenvalue weighted by Gasteiger charge is -2.25. The zero-order valence-electron chi connectivity index (χ0n) is 10.9. The molecule has 20 heavy (non-hydrogen) atoms. The van der Waals surface area contributed by atoms with Crippen molar-refractivity contribution in [1.82, 2.24) is 0 Å². The first-order valence-electron chi connectivity index (χ1n) is 6.53. The van der Waals surface area contributed by atoms with Crippen molar-refractivity contribution >= 4 is 17.3 Å². The van der Waals surface area contributed by atoms with Gasteiger partial charge in [-0.05, 0) is 59.9 Å². The van der Waals surface area contributed by atoms with Crippen molar-refractivity contribution in [3.05, 3.63) is 63.9 Å². The molecule has 1 atom stereocenters. The molecule has 0 spiro atoms. The normalized spacial score (nSPS) is 20.9. The minimum atomic E-state index is -1.000. The third-order valence-corrected chi connectivity index (χ3v) is 4.30. The average Bonchev–Trinajstić information content (AvgIpc) is 2.71. The largest absolute Gasteiger partial charge is 0.399 e. The molecule has 0 aromatic heterocycles. The third-order valence-electron chi connectivity index (χ3n) is 3.93. The van der Waals surface area contributed by atoms with Crippen molar-refractivity contribution in [2.75, 3.05) is 5.73 Å². The van der Waals surface area contributed by atoms with Crippen molar-refractivity contribution in [1.29, 1.82) is 0 Å². The topological polar surface area (TPSA) is 46.2 Å². The Kier molecular flexibility index (Phi) is 3.19. The number of fused-ring (bicyclic) bond motifs is 1.